The van der Waals surface area contributed by atoms with Gasteiger partial charge in [0, 0.05) is 36.2 Å². The molecular formula is C17H31IN4O. The fourth-order valence-corrected chi connectivity index (χ4v) is 2.93. The Morgan fingerprint density at radius 2 is 1.96 bits per heavy atom. The van der Waals surface area contributed by atoms with E-state index in [0.29, 0.717) is 5.41 Å². The highest BCUT2D eigenvalue weighted by Gasteiger charge is 2.53. The number of guanidine groups is 1. The van der Waals surface area contributed by atoms with E-state index < -0.39 is 0 Å². The number of likely N-dealkylation sites (tertiary alicyclic amines) is 1. The van der Waals surface area contributed by atoms with E-state index in [1.165, 1.54) is 5.56 Å². The van der Waals surface area contributed by atoms with Gasteiger partial charge in [0.2, 0.25) is 0 Å². The molecule has 1 aromatic heterocycles. The minimum atomic E-state index is 0. The van der Waals surface area contributed by atoms with Crippen LogP contribution in [-0.4, -0.2) is 41.2 Å². The Hall–Kier alpha value is -0.790. The van der Waals surface area contributed by atoms with Crippen LogP contribution in [0.2, 0.25) is 0 Å². The number of aliphatic imine (C=N–C) groups is 1. The van der Waals surface area contributed by atoms with Crippen molar-refractivity contribution < 1.29 is 4.52 Å². The van der Waals surface area contributed by atoms with Crippen molar-refractivity contribution >= 4 is 29.9 Å². The summed E-state index contributed by atoms with van der Waals surface area (Å²) in [4.78, 5) is 7.19. The van der Waals surface area contributed by atoms with Crippen LogP contribution >= 0.6 is 24.0 Å². The number of hydrogen-bond acceptors (Lipinski definition) is 3. The smallest absolute Gasteiger partial charge is 0.194 e. The lowest BCUT2D eigenvalue weighted by atomic mass is 9.65. The molecule has 1 fully saturated rings. The van der Waals surface area contributed by atoms with Crippen LogP contribution in [0, 0.1) is 19.3 Å². The lowest BCUT2D eigenvalue weighted by Gasteiger charge is -2.62. The highest BCUT2D eigenvalue weighted by molar-refractivity contribution is 14.0. The van der Waals surface area contributed by atoms with Gasteiger partial charge < -0.3 is 14.7 Å². The first-order valence-electron chi connectivity index (χ1n) is 8.18. The Morgan fingerprint density at radius 3 is 2.39 bits per heavy atom. The van der Waals surface area contributed by atoms with Crippen molar-refractivity contribution in [3.05, 3.63) is 17.0 Å². The third kappa shape index (κ3) is 3.83. The predicted octanol–water partition coefficient (Wildman–Crippen LogP) is 3.54. The molecule has 0 amide bonds. The van der Waals surface area contributed by atoms with E-state index in [4.69, 9.17) is 9.52 Å². The topological polar surface area (TPSA) is 53.7 Å². The summed E-state index contributed by atoms with van der Waals surface area (Å²) in [5.74, 6) is 1.92. The van der Waals surface area contributed by atoms with Gasteiger partial charge in [0.1, 0.15) is 5.76 Å². The van der Waals surface area contributed by atoms with Gasteiger partial charge >= 0.3 is 0 Å². The lowest BCUT2D eigenvalue weighted by molar-refractivity contribution is -0.0667. The molecule has 132 valence electrons. The number of aryl methyl sites for hydroxylation is 2. The molecule has 2 heterocycles. The van der Waals surface area contributed by atoms with Crippen LogP contribution < -0.4 is 5.32 Å². The first kappa shape index (κ1) is 20.3. The Labute approximate surface area is 157 Å². The second kappa shape index (κ2) is 7.40. The molecule has 1 saturated heterocycles. The standard InChI is InChI=1S/C17H30N4O.HI/c1-8-18-15(21-11-16(4,5)17(21,6)7)19-10-9-14-12(2)20-22-13(14)3;/h8-11H2,1-7H3,(H,18,19);1H. The SMILES string of the molecule is CCNC(=NCCc1c(C)noc1C)N1CC(C)(C)C1(C)C.I. The quantitative estimate of drug-likeness (QED) is 0.448. The van der Waals surface area contributed by atoms with Gasteiger partial charge in [0.25, 0.3) is 0 Å². The van der Waals surface area contributed by atoms with Crippen LogP contribution in [0.5, 0.6) is 0 Å². The van der Waals surface area contributed by atoms with Crippen LogP contribution in [0.3, 0.4) is 0 Å². The summed E-state index contributed by atoms with van der Waals surface area (Å²) >= 11 is 0. The zero-order valence-electron chi connectivity index (χ0n) is 15.5. The molecular weight excluding hydrogens is 403 g/mol. The van der Waals surface area contributed by atoms with E-state index >= 15 is 0 Å². The number of aromatic nitrogens is 1. The number of nitrogens with zero attached hydrogens (tertiary/aromatic N) is 3. The van der Waals surface area contributed by atoms with Gasteiger partial charge in [-0.2, -0.15) is 0 Å². The van der Waals surface area contributed by atoms with Crippen molar-refractivity contribution in [2.24, 2.45) is 10.4 Å². The van der Waals surface area contributed by atoms with Crippen molar-refractivity contribution in [2.75, 3.05) is 19.6 Å². The summed E-state index contributed by atoms with van der Waals surface area (Å²) in [6, 6.07) is 0. The minimum Gasteiger partial charge on any atom is -0.361 e. The van der Waals surface area contributed by atoms with Crippen LogP contribution in [0.25, 0.3) is 0 Å². The Balaban J connectivity index is 0.00000264. The molecule has 0 aromatic carbocycles. The molecule has 6 heteroatoms. The third-order valence-electron chi connectivity index (χ3n) is 5.28. The number of hydrogen-bond donors (Lipinski definition) is 1. The maximum absolute atomic E-state index is 5.22. The maximum atomic E-state index is 5.22. The van der Waals surface area contributed by atoms with Crippen LogP contribution in [-0.2, 0) is 6.42 Å². The van der Waals surface area contributed by atoms with Gasteiger partial charge in [-0.05, 0) is 41.0 Å². The first-order valence-corrected chi connectivity index (χ1v) is 8.18. The van der Waals surface area contributed by atoms with E-state index in [0.717, 1.165) is 43.5 Å². The number of rotatable bonds is 4. The summed E-state index contributed by atoms with van der Waals surface area (Å²) in [6.45, 7) is 17.9. The van der Waals surface area contributed by atoms with E-state index in [1.807, 2.05) is 13.8 Å². The summed E-state index contributed by atoms with van der Waals surface area (Å²) in [7, 11) is 0. The van der Waals surface area contributed by atoms with Crippen molar-refractivity contribution in [2.45, 2.75) is 60.4 Å². The normalized spacial score (nSPS) is 19.1. The monoisotopic (exact) mass is 434 g/mol. The molecule has 1 aliphatic rings. The van der Waals surface area contributed by atoms with Gasteiger partial charge in [-0.3, -0.25) is 4.99 Å². The number of halogens is 1. The van der Waals surface area contributed by atoms with Gasteiger partial charge in [0.15, 0.2) is 5.96 Å². The average molecular weight is 434 g/mol. The molecule has 0 aliphatic carbocycles. The van der Waals surface area contributed by atoms with Crippen molar-refractivity contribution in [1.29, 1.82) is 0 Å². The number of nitrogens with one attached hydrogen (secondary N) is 1. The summed E-state index contributed by atoms with van der Waals surface area (Å²) < 4.78 is 5.22. The second-order valence-corrected chi connectivity index (χ2v) is 7.32. The highest BCUT2D eigenvalue weighted by Crippen LogP contribution is 2.46. The second-order valence-electron chi connectivity index (χ2n) is 7.32. The predicted molar refractivity (Wildman–Crippen MR) is 106 cm³/mol. The molecule has 23 heavy (non-hydrogen) atoms. The molecule has 0 saturated carbocycles. The molecule has 0 radical (unpaired) electrons. The van der Waals surface area contributed by atoms with E-state index in [-0.39, 0.29) is 29.5 Å². The van der Waals surface area contributed by atoms with Gasteiger partial charge in [-0.15, -0.1) is 24.0 Å². The molecule has 0 bridgehead atoms. The first-order chi connectivity index (χ1) is 10.2. The molecule has 0 spiro atoms. The average Bonchev–Trinajstić information content (AvgIpc) is 2.75. The molecule has 0 unspecified atom stereocenters. The fraction of sp³-hybridized carbons (Fsp3) is 0.765. The lowest BCUT2D eigenvalue weighted by Crippen LogP contribution is -2.72. The highest BCUT2D eigenvalue weighted by atomic mass is 127. The molecule has 1 aromatic rings. The fourth-order valence-electron chi connectivity index (χ4n) is 2.93. The molecule has 1 N–H and O–H groups in total. The zero-order chi connectivity index (χ0) is 16.5. The van der Waals surface area contributed by atoms with Crippen molar-refractivity contribution in [3.8, 4) is 0 Å². The molecule has 2 rings (SSSR count). The Morgan fingerprint density at radius 1 is 1.30 bits per heavy atom. The van der Waals surface area contributed by atoms with Crippen LogP contribution in [0.4, 0.5) is 0 Å². The van der Waals surface area contributed by atoms with Gasteiger partial charge in [-0.25, -0.2) is 0 Å². The van der Waals surface area contributed by atoms with Crippen molar-refractivity contribution in [3.63, 3.8) is 0 Å². The molecule has 0 atom stereocenters. The van der Waals surface area contributed by atoms with Gasteiger partial charge in [-0.1, -0.05) is 19.0 Å². The minimum absolute atomic E-state index is 0. The summed E-state index contributed by atoms with van der Waals surface area (Å²) in [6.07, 6.45) is 0.869. The zero-order valence-corrected chi connectivity index (χ0v) is 17.8. The Bertz CT molecular complexity index is 543. The Kier molecular flexibility index (Phi) is 6.52. The molecule has 5 nitrogen and oxygen atoms in total. The van der Waals surface area contributed by atoms with Crippen LogP contribution in [0.15, 0.2) is 9.52 Å². The third-order valence-corrected chi connectivity index (χ3v) is 5.28. The van der Waals surface area contributed by atoms with Gasteiger partial charge in [0.05, 0.1) is 5.69 Å². The maximum Gasteiger partial charge on any atom is 0.194 e. The van der Waals surface area contributed by atoms with E-state index in [1.54, 1.807) is 0 Å². The van der Waals surface area contributed by atoms with Crippen LogP contribution in [0.1, 0.15) is 51.6 Å². The van der Waals surface area contributed by atoms with E-state index in [9.17, 15) is 0 Å². The van der Waals surface area contributed by atoms with Crippen molar-refractivity contribution in [1.82, 2.24) is 15.4 Å². The summed E-state index contributed by atoms with van der Waals surface area (Å²) in [5, 5.41) is 7.43. The summed E-state index contributed by atoms with van der Waals surface area (Å²) in [5.41, 5.74) is 2.59. The molecule has 1 aliphatic heterocycles. The largest absolute Gasteiger partial charge is 0.361 e. The van der Waals surface area contributed by atoms with E-state index in [2.05, 4.69) is 50.0 Å².